The average Bonchev–Trinajstić information content (AvgIpc) is 3.01. The van der Waals surface area contributed by atoms with Gasteiger partial charge in [-0.05, 0) is 0 Å². The van der Waals surface area contributed by atoms with E-state index >= 15 is 0 Å². The first-order valence-electron chi connectivity index (χ1n) is 5.94. The fourth-order valence-electron chi connectivity index (χ4n) is 2.25. The van der Waals surface area contributed by atoms with Gasteiger partial charge in [0, 0.05) is 0 Å². The van der Waals surface area contributed by atoms with Crippen molar-refractivity contribution in [1.29, 1.82) is 0 Å². The zero-order valence-corrected chi connectivity index (χ0v) is 10.3. The van der Waals surface area contributed by atoms with Gasteiger partial charge in [-0.15, -0.1) is 0 Å². The highest BCUT2D eigenvalue weighted by Crippen LogP contribution is 2.31. The molecule has 0 saturated carbocycles. The minimum Gasteiger partial charge on any atom is -0.394 e. The van der Waals surface area contributed by atoms with E-state index in [2.05, 4.69) is 20.5 Å². The number of rotatable bonds is 3. The van der Waals surface area contributed by atoms with Crippen LogP contribution >= 0.6 is 0 Å². The zero-order chi connectivity index (χ0) is 14.3. The summed E-state index contributed by atoms with van der Waals surface area (Å²) in [5.74, 6) is 5.72. The van der Waals surface area contributed by atoms with E-state index < -0.39 is 31.1 Å². The molecule has 1 aliphatic rings. The Hall–Kier alpha value is -1.85. The van der Waals surface area contributed by atoms with Crippen molar-refractivity contribution in [1.82, 2.24) is 19.7 Å². The summed E-state index contributed by atoms with van der Waals surface area (Å²) in [7, 11) is 0. The maximum absolute atomic E-state index is 9.99. The summed E-state index contributed by atoms with van der Waals surface area (Å²) in [6.45, 7) is -0.404. The number of aromatic nitrogens is 4. The fraction of sp³-hybridized carbons (Fsp3) is 0.500. The Morgan fingerprint density at radius 1 is 1.35 bits per heavy atom. The van der Waals surface area contributed by atoms with Crippen LogP contribution in [0.2, 0.25) is 0 Å². The predicted octanol–water partition coefficient (Wildman–Crippen LogP) is -2.28. The molecule has 0 bridgehead atoms. The summed E-state index contributed by atoms with van der Waals surface area (Å²) >= 11 is 0. The van der Waals surface area contributed by atoms with Crippen LogP contribution in [0.1, 0.15) is 6.23 Å². The van der Waals surface area contributed by atoms with E-state index in [1.54, 1.807) is 0 Å². The van der Waals surface area contributed by atoms with Gasteiger partial charge in [0.1, 0.15) is 24.6 Å². The lowest BCUT2D eigenvalue weighted by Gasteiger charge is -2.15. The molecular weight excluding hydrogens is 268 g/mol. The van der Waals surface area contributed by atoms with Crippen molar-refractivity contribution in [2.75, 3.05) is 12.0 Å². The third-order valence-corrected chi connectivity index (χ3v) is 3.29. The standard InChI is InChI=1S/C10H14N6O4/c11-15-8-4-1-14-16(9(4)13-3-12-8)10-7(19)6(18)5(2-17)20-10/h1,3,5-7,10,17-19H,2,11H2,(H,12,13,15). The van der Waals surface area contributed by atoms with Crippen LogP contribution in [0.25, 0.3) is 11.0 Å². The molecule has 0 aliphatic carbocycles. The zero-order valence-electron chi connectivity index (χ0n) is 10.3. The van der Waals surface area contributed by atoms with E-state index in [4.69, 9.17) is 15.7 Å². The van der Waals surface area contributed by atoms with Crippen LogP contribution in [-0.2, 0) is 4.74 Å². The molecule has 108 valence electrons. The second-order valence-corrected chi connectivity index (χ2v) is 4.42. The van der Waals surface area contributed by atoms with Gasteiger partial charge in [0.05, 0.1) is 18.2 Å². The van der Waals surface area contributed by atoms with Crippen molar-refractivity contribution in [3.63, 3.8) is 0 Å². The fourth-order valence-corrected chi connectivity index (χ4v) is 2.25. The molecule has 4 unspecified atom stereocenters. The van der Waals surface area contributed by atoms with Crippen LogP contribution in [0.4, 0.5) is 5.82 Å². The highest BCUT2D eigenvalue weighted by atomic mass is 16.6. The van der Waals surface area contributed by atoms with Crippen molar-refractivity contribution in [2.24, 2.45) is 5.84 Å². The Bertz CT molecular complexity index is 619. The molecular formula is C10H14N6O4. The molecule has 1 aliphatic heterocycles. The van der Waals surface area contributed by atoms with Gasteiger partial charge >= 0.3 is 0 Å². The number of nitrogens with two attached hydrogens (primary N) is 1. The molecule has 2 aromatic heterocycles. The monoisotopic (exact) mass is 282 g/mol. The van der Waals surface area contributed by atoms with Gasteiger partial charge in [-0.1, -0.05) is 0 Å². The van der Waals surface area contributed by atoms with Crippen LogP contribution in [0.3, 0.4) is 0 Å². The van der Waals surface area contributed by atoms with Crippen LogP contribution in [-0.4, -0.2) is 60.0 Å². The Labute approximate surface area is 112 Å². The third-order valence-electron chi connectivity index (χ3n) is 3.29. The Morgan fingerprint density at radius 2 is 2.15 bits per heavy atom. The lowest BCUT2D eigenvalue weighted by Crippen LogP contribution is -2.33. The van der Waals surface area contributed by atoms with Gasteiger partial charge in [-0.2, -0.15) is 5.10 Å². The maximum Gasteiger partial charge on any atom is 0.181 e. The number of hydrogen-bond acceptors (Lipinski definition) is 9. The molecule has 0 radical (unpaired) electrons. The molecule has 20 heavy (non-hydrogen) atoms. The minimum atomic E-state index is -1.22. The molecule has 1 fully saturated rings. The number of nitrogens with one attached hydrogen (secondary N) is 1. The van der Waals surface area contributed by atoms with Gasteiger partial charge in [0.15, 0.2) is 17.7 Å². The van der Waals surface area contributed by atoms with Crippen molar-refractivity contribution in [2.45, 2.75) is 24.5 Å². The van der Waals surface area contributed by atoms with E-state index in [9.17, 15) is 10.2 Å². The summed E-state index contributed by atoms with van der Waals surface area (Å²) in [6.07, 6.45) is -1.47. The molecule has 4 atom stereocenters. The molecule has 6 N–H and O–H groups in total. The molecule has 1 saturated heterocycles. The van der Waals surface area contributed by atoms with Gasteiger partial charge in [0.2, 0.25) is 0 Å². The summed E-state index contributed by atoms with van der Waals surface area (Å²) in [4.78, 5) is 8.00. The van der Waals surface area contributed by atoms with Gasteiger partial charge < -0.3 is 25.5 Å². The molecule has 0 aromatic carbocycles. The summed E-state index contributed by atoms with van der Waals surface area (Å²) in [5, 5.41) is 33.5. The number of fused-ring (bicyclic) bond motifs is 1. The number of hydrazine groups is 1. The van der Waals surface area contributed by atoms with Crippen molar-refractivity contribution in [3.05, 3.63) is 12.5 Å². The van der Waals surface area contributed by atoms with E-state index in [0.717, 1.165) is 0 Å². The molecule has 3 rings (SSSR count). The Morgan fingerprint density at radius 3 is 2.80 bits per heavy atom. The first kappa shape index (κ1) is 13.1. The van der Waals surface area contributed by atoms with Crippen LogP contribution in [0.15, 0.2) is 12.5 Å². The van der Waals surface area contributed by atoms with Gasteiger partial charge in [-0.3, -0.25) is 0 Å². The summed E-state index contributed by atoms with van der Waals surface area (Å²) in [5.41, 5.74) is 2.81. The van der Waals surface area contributed by atoms with E-state index in [0.29, 0.717) is 16.9 Å². The Kier molecular flexibility index (Phi) is 3.23. The SMILES string of the molecule is NNc1ncnc2c1cnn2C1OC(CO)C(O)C1O. The largest absolute Gasteiger partial charge is 0.394 e. The number of aliphatic hydroxyl groups is 3. The second kappa shape index (κ2) is 4.92. The van der Waals surface area contributed by atoms with E-state index in [1.165, 1.54) is 17.2 Å². The maximum atomic E-state index is 9.99. The summed E-state index contributed by atoms with van der Waals surface area (Å²) < 4.78 is 6.72. The van der Waals surface area contributed by atoms with Crippen LogP contribution in [0, 0.1) is 0 Å². The van der Waals surface area contributed by atoms with E-state index in [-0.39, 0.29) is 0 Å². The first-order chi connectivity index (χ1) is 9.67. The topological polar surface area (TPSA) is 152 Å². The van der Waals surface area contributed by atoms with Crippen LogP contribution < -0.4 is 11.3 Å². The lowest BCUT2D eigenvalue weighted by atomic mass is 10.1. The number of anilines is 1. The van der Waals surface area contributed by atoms with E-state index in [1.807, 2.05) is 0 Å². The molecule has 0 amide bonds. The molecule has 10 heteroatoms. The smallest absolute Gasteiger partial charge is 0.181 e. The third kappa shape index (κ3) is 1.82. The molecule has 2 aromatic rings. The molecule has 10 nitrogen and oxygen atoms in total. The second-order valence-electron chi connectivity index (χ2n) is 4.42. The number of ether oxygens (including phenoxy) is 1. The summed E-state index contributed by atoms with van der Waals surface area (Å²) in [6, 6.07) is 0. The normalized spacial score (nSPS) is 30.0. The van der Waals surface area contributed by atoms with Crippen molar-refractivity contribution < 1.29 is 20.1 Å². The predicted molar refractivity (Wildman–Crippen MR) is 66.1 cm³/mol. The molecule has 0 spiro atoms. The van der Waals surface area contributed by atoms with Gasteiger partial charge in [0.25, 0.3) is 0 Å². The number of nitrogens with zero attached hydrogens (tertiary/aromatic N) is 4. The number of aliphatic hydroxyl groups excluding tert-OH is 3. The highest BCUT2D eigenvalue weighted by Gasteiger charge is 2.44. The van der Waals surface area contributed by atoms with Crippen molar-refractivity contribution in [3.8, 4) is 0 Å². The quantitative estimate of drug-likeness (QED) is 0.310. The van der Waals surface area contributed by atoms with Gasteiger partial charge in [-0.25, -0.2) is 20.5 Å². The van der Waals surface area contributed by atoms with Crippen LogP contribution in [0.5, 0.6) is 0 Å². The average molecular weight is 282 g/mol. The first-order valence-corrected chi connectivity index (χ1v) is 5.94. The Balaban J connectivity index is 2.03. The lowest BCUT2D eigenvalue weighted by molar-refractivity contribution is -0.0566. The number of hydrogen-bond donors (Lipinski definition) is 5. The number of nitrogen functional groups attached to an aromatic ring is 1. The minimum absolute atomic E-state index is 0.382. The molecule has 3 heterocycles. The van der Waals surface area contributed by atoms with Crippen molar-refractivity contribution >= 4 is 16.9 Å². The highest BCUT2D eigenvalue weighted by molar-refractivity contribution is 5.85.